The summed E-state index contributed by atoms with van der Waals surface area (Å²) in [5, 5.41) is 8.92. The van der Waals surface area contributed by atoms with Crippen molar-refractivity contribution >= 4 is 5.97 Å². The van der Waals surface area contributed by atoms with E-state index in [2.05, 4.69) is 0 Å². The molecule has 0 saturated heterocycles. The minimum absolute atomic E-state index is 0.127. The van der Waals surface area contributed by atoms with E-state index >= 15 is 0 Å². The van der Waals surface area contributed by atoms with Gasteiger partial charge in [0.15, 0.2) is 0 Å². The van der Waals surface area contributed by atoms with Gasteiger partial charge in [-0.15, -0.1) is 0 Å². The maximum absolute atomic E-state index is 13.0. The third kappa shape index (κ3) is 2.78. The highest BCUT2D eigenvalue weighted by atomic mass is 19.1. The van der Waals surface area contributed by atoms with Gasteiger partial charge in [0.25, 0.3) is 0 Å². The van der Waals surface area contributed by atoms with E-state index in [0.29, 0.717) is 6.42 Å². The van der Waals surface area contributed by atoms with Crippen molar-refractivity contribution in [2.24, 2.45) is 5.92 Å². The van der Waals surface area contributed by atoms with Gasteiger partial charge in [0.2, 0.25) is 0 Å². The van der Waals surface area contributed by atoms with Gasteiger partial charge in [0.1, 0.15) is 5.82 Å². The van der Waals surface area contributed by atoms with Crippen molar-refractivity contribution in [3.63, 3.8) is 0 Å². The van der Waals surface area contributed by atoms with E-state index in [-0.39, 0.29) is 11.7 Å². The summed E-state index contributed by atoms with van der Waals surface area (Å²) in [6, 6.07) is 6.16. The van der Waals surface area contributed by atoms with Gasteiger partial charge >= 0.3 is 5.97 Å². The predicted octanol–water partition coefficient (Wildman–Crippen LogP) is 3.04. The highest BCUT2D eigenvalue weighted by Gasteiger charge is 2.23. The lowest BCUT2D eigenvalue weighted by Crippen LogP contribution is -2.18. The minimum Gasteiger partial charge on any atom is -0.481 e. The Morgan fingerprint density at radius 1 is 1.53 bits per heavy atom. The first kappa shape index (κ1) is 11.7. The quantitative estimate of drug-likeness (QED) is 0.829. The number of aliphatic carboxylic acids is 1. The number of hydrogen-bond donors (Lipinski definition) is 1. The van der Waals surface area contributed by atoms with Crippen LogP contribution in [0, 0.1) is 11.7 Å². The van der Waals surface area contributed by atoms with Gasteiger partial charge in [-0.25, -0.2) is 4.39 Å². The summed E-state index contributed by atoms with van der Waals surface area (Å²) in [4.78, 5) is 10.9. The van der Waals surface area contributed by atoms with Crippen molar-refractivity contribution in [1.82, 2.24) is 0 Å². The van der Waals surface area contributed by atoms with Crippen molar-refractivity contribution in [1.29, 1.82) is 0 Å². The Labute approximate surface area is 88.7 Å². The molecule has 0 heterocycles. The molecule has 0 fully saturated rings. The molecule has 1 rings (SSSR count). The van der Waals surface area contributed by atoms with Crippen molar-refractivity contribution < 1.29 is 14.3 Å². The van der Waals surface area contributed by atoms with Crippen LogP contribution in [0.4, 0.5) is 4.39 Å². The van der Waals surface area contributed by atoms with Crippen LogP contribution in [0.3, 0.4) is 0 Å². The van der Waals surface area contributed by atoms with Crippen LogP contribution in [0.1, 0.15) is 31.7 Å². The Bertz CT molecular complexity index is 349. The molecule has 0 amide bonds. The molecule has 3 heteroatoms. The maximum Gasteiger partial charge on any atom is 0.306 e. The predicted molar refractivity (Wildman–Crippen MR) is 56.2 cm³/mol. The molecule has 0 aromatic heterocycles. The zero-order valence-corrected chi connectivity index (χ0v) is 8.90. The SMILES string of the molecule is CCC(c1cccc(F)c1)C(C)C(=O)O. The molecule has 0 spiro atoms. The van der Waals surface area contributed by atoms with Crippen molar-refractivity contribution in [2.75, 3.05) is 0 Å². The van der Waals surface area contributed by atoms with Gasteiger partial charge in [-0.2, -0.15) is 0 Å². The van der Waals surface area contributed by atoms with Gasteiger partial charge < -0.3 is 5.11 Å². The monoisotopic (exact) mass is 210 g/mol. The third-order valence-corrected chi connectivity index (χ3v) is 2.71. The molecular formula is C12H15FO2. The second-order valence-electron chi connectivity index (χ2n) is 3.70. The topological polar surface area (TPSA) is 37.3 Å². The molecule has 2 atom stereocenters. The number of halogens is 1. The Morgan fingerprint density at radius 3 is 2.67 bits per heavy atom. The first-order valence-electron chi connectivity index (χ1n) is 5.04. The molecule has 2 unspecified atom stereocenters. The van der Waals surface area contributed by atoms with Gasteiger partial charge in [-0.1, -0.05) is 26.0 Å². The molecule has 0 aliphatic carbocycles. The number of carboxylic acids is 1. The second-order valence-corrected chi connectivity index (χ2v) is 3.70. The number of carbonyl (C=O) groups is 1. The second kappa shape index (κ2) is 4.91. The summed E-state index contributed by atoms with van der Waals surface area (Å²) in [6.07, 6.45) is 0.691. The molecule has 1 N–H and O–H groups in total. The first-order chi connectivity index (χ1) is 7.06. The van der Waals surface area contributed by atoms with Crippen LogP contribution in [-0.4, -0.2) is 11.1 Å². The summed E-state index contributed by atoms with van der Waals surface area (Å²) in [7, 11) is 0. The van der Waals surface area contributed by atoms with Gasteiger partial charge in [0, 0.05) is 0 Å². The Balaban J connectivity index is 2.97. The van der Waals surface area contributed by atoms with Crippen LogP contribution in [0.2, 0.25) is 0 Å². The van der Waals surface area contributed by atoms with Crippen molar-refractivity contribution in [3.8, 4) is 0 Å². The Kier molecular flexibility index (Phi) is 3.83. The fourth-order valence-corrected chi connectivity index (χ4v) is 1.79. The summed E-state index contributed by atoms with van der Waals surface area (Å²) < 4.78 is 13.0. The summed E-state index contributed by atoms with van der Waals surface area (Å²) >= 11 is 0. The summed E-state index contributed by atoms with van der Waals surface area (Å²) in [5.41, 5.74) is 0.757. The standard InChI is InChI=1S/C12H15FO2/c1-3-11(8(2)12(14)15)9-5-4-6-10(13)7-9/h4-8,11H,3H2,1-2H3,(H,14,15). The first-order valence-corrected chi connectivity index (χ1v) is 5.04. The Hall–Kier alpha value is -1.38. The lowest BCUT2D eigenvalue weighted by molar-refractivity contribution is -0.141. The van der Waals surface area contributed by atoms with Crippen molar-refractivity contribution in [2.45, 2.75) is 26.2 Å². The van der Waals surface area contributed by atoms with Crippen LogP contribution in [-0.2, 0) is 4.79 Å². The van der Waals surface area contributed by atoms with E-state index < -0.39 is 11.9 Å². The molecule has 2 nitrogen and oxygen atoms in total. The van der Waals surface area contributed by atoms with E-state index in [1.165, 1.54) is 12.1 Å². The molecule has 0 bridgehead atoms. The molecule has 0 aliphatic rings. The molecule has 1 aromatic carbocycles. The van der Waals surface area contributed by atoms with Crippen LogP contribution in [0.25, 0.3) is 0 Å². The maximum atomic E-state index is 13.0. The van der Waals surface area contributed by atoms with E-state index in [9.17, 15) is 9.18 Å². The van der Waals surface area contributed by atoms with Gasteiger partial charge in [0.05, 0.1) is 5.92 Å². The molecule has 0 radical (unpaired) electrons. The third-order valence-electron chi connectivity index (χ3n) is 2.71. The number of rotatable bonds is 4. The molecule has 0 saturated carbocycles. The fraction of sp³-hybridized carbons (Fsp3) is 0.417. The normalized spacial score (nSPS) is 14.6. The van der Waals surface area contributed by atoms with E-state index in [1.54, 1.807) is 19.1 Å². The van der Waals surface area contributed by atoms with Gasteiger partial charge in [-0.3, -0.25) is 4.79 Å². The van der Waals surface area contributed by atoms with Crippen molar-refractivity contribution in [3.05, 3.63) is 35.6 Å². The van der Waals surface area contributed by atoms with Crippen LogP contribution >= 0.6 is 0 Å². The molecule has 82 valence electrons. The van der Waals surface area contributed by atoms with Crippen LogP contribution in [0.5, 0.6) is 0 Å². The fourth-order valence-electron chi connectivity index (χ4n) is 1.79. The van der Waals surface area contributed by atoms with Crippen LogP contribution in [0.15, 0.2) is 24.3 Å². The zero-order chi connectivity index (χ0) is 11.4. The lowest BCUT2D eigenvalue weighted by atomic mass is 9.85. The molecule has 0 aliphatic heterocycles. The summed E-state index contributed by atoms with van der Waals surface area (Å²) in [5.74, 6) is -1.77. The average molecular weight is 210 g/mol. The molecule has 1 aromatic rings. The minimum atomic E-state index is -0.842. The summed E-state index contributed by atoms with van der Waals surface area (Å²) in [6.45, 7) is 3.57. The molecular weight excluding hydrogens is 195 g/mol. The zero-order valence-electron chi connectivity index (χ0n) is 8.90. The highest BCUT2D eigenvalue weighted by molar-refractivity contribution is 5.70. The van der Waals surface area contributed by atoms with Crippen LogP contribution < -0.4 is 0 Å². The van der Waals surface area contributed by atoms with E-state index in [0.717, 1.165) is 5.56 Å². The van der Waals surface area contributed by atoms with Gasteiger partial charge in [-0.05, 0) is 30.0 Å². The number of hydrogen-bond acceptors (Lipinski definition) is 1. The molecule has 15 heavy (non-hydrogen) atoms. The largest absolute Gasteiger partial charge is 0.481 e. The number of benzene rings is 1. The van der Waals surface area contributed by atoms with E-state index in [4.69, 9.17) is 5.11 Å². The van der Waals surface area contributed by atoms with E-state index in [1.807, 2.05) is 6.92 Å². The smallest absolute Gasteiger partial charge is 0.306 e. The average Bonchev–Trinajstić information content (AvgIpc) is 2.18. The highest BCUT2D eigenvalue weighted by Crippen LogP contribution is 2.28. The Morgan fingerprint density at radius 2 is 2.20 bits per heavy atom. The lowest BCUT2D eigenvalue weighted by Gasteiger charge is -2.19. The number of carboxylic acid groups (broad SMARTS) is 1.